The number of benzene rings is 1. The lowest BCUT2D eigenvalue weighted by Crippen LogP contribution is -2.24. The molecule has 3 nitrogen and oxygen atoms in total. The lowest BCUT2D eigenvalue weighted by atomic mass is 10.0. The SMILES string of the molecule is CC1=NCC(O)COc2c(C)cc(C)cc21. The first-order chi connectivity index (χ1) is 7.58. The van der Waals surface area contributed by atoms with Crippen molar-refractivity contribution >= 4 is 5.71 Å². The molecule has 0 aliphatic carbocycles. The summed E-state index contributed by atoms with van der Waals surface area (Å²) >= 11 is 0. The Labute approximate surface area is 95.8 Å². The van der Waals surface area contributed by atoms with Gasteiger partial charge in [-0.15, -0.1) is 0 Å². The van der Waals surface area contributed by atoms with Gasteiger partial charge in [0.25, 0.3) is 0 Å². The third kappa shape index (κ3) is 2.09. The predicted octanol–water partition coefficient (Wildman–Crippen LogP) is 1.87. The van der Waals surface area contributed by atoms with E-state index in [4.69, 9.17) is 4.74 Å². The molecule has 0 radical (unpaired) electrons. The summed E-state index contributed by atoms with van der Waals surface area (Å²) in [5.74, 6) is 0.852. The lowest BCUT2D eigenvalue weighted by Gasteiger charge is -2.20. The van der Waals surface area contributed by atoms with Crippen molar-refractivity contribution in [1.82, 2.24) is 0 Å². The highest BCUT2D eigenvalue weighted by molar-refractivity contribution is 6.01. The maximum Gasteiger partial charge on any atom is 0.131 e. The molecule has 1 aliphatic rings. The van der Waals surface area contributed by atoms with Gasteiger partial charge in [-0.1, -0.05) is 6.07 Å². The van der Waals surface area contributed by atoms with Crippen LogP contribution in [0.5, 0.6) is 5.75 Å². The maximum absolute atomic E-state index is 9.57. The van der Waals surface area contributed by atoms with Crippen LogP contribution in [-0.2, 0) is 0 Å². The second-order valence-corrected chi connectivity index (χ2v) is 4.35. The molecular weight excluding hydrogens is 202 g/mol. The summed E-state index contributed by atoms with van der Waals surface area (Å²) in [4.78, 5) is 4.37. The van der Waals surface area contributed by atoms with Crippen LogP contribution in [0.2, 0.25) is 0 Å². The highest BCUT2D eigenvalue weighted by atomic mass is 16.5. The number of aryl methyl sites for hydroxylation is 2. The monoisotopic (exact) mass is 219 g/mol. The molecule has 1 atom stereocenters. The van der Waals surface area contributed by atoms with Gasteiger partial charge >= 0.3 is 0 Å². The summed E-state index contributed by atoms with van der Waals surface area (Å²) in [6.07, 6.45) is -0.510. The normalized spacial score (nSPS) is 20.2. The minimum absolute atomic E-state index is 0.313. The molecule has 2 rings (SSSR count). The molecule has 0 amide bonds. The van der Waals surface area contributed by atoms with Crippen molar-refractivity contribution in [3.63, 3.8) is 0 Å². The molecule has 1 heterocycles. The van der Waals surface area contributed by atoms with E-state index in [1.807, 2.05) is 13.8 Å². The average Bonchev–Trinajstić information content (AvgIpc) is 2.22. The van der Waals surface area contributed by atoms with Gasteiger partial charge in [-0.3, -0.25) is 4.99 Å². The molecule has 16 heavy (non-hydrogen) atoms. The standard InChI is InChI=1S/C13H17NO2/c1-8-4-9(2)13-12(5-8)10(3)14-6-11(15)7-16-13/h4-5,11,15H,6-7H2,1-3H3. The highest BCUT2D eigenvalue weighted by Gasteiger charge is 2.16. The van der Waals surface area contributed by atoms with Crippen LogP contribution >= 0.6 is 0 Å². The van der Waals surface area contributed by atoms with Crippen molar-refractivity contribution in [1.29, 1.82) is 0 Å². The fraction of sp³-hybridized carbons (Fsp3) is 0.462. The maximum atomic E-state index is 9.57. The van der Waals surface area contributed by atoms with Gasteiger partial charge in [0.15, 0.2) is 0 Å². The Hall–Kier alpha value is -1.35. The van der Waals surface area contributed by atoms with Gasteiger partial charge in [0, 0.05) is 11.3 Å². The molecule has 0 spiro atoms. The Kier molecular flexibility index (Phi) is 2.97. The molecule has 1 unspecified atom stereocenters. The highest BCUT2D eigenvalue weighted by Crippen LogP contribution is 2.27. The zero-order chi connectivity index (χ0) is 11.7. The van der Waals surface area contributed by atoms with E-state index >= 15 is 0 Å². The van der Waals surface area contributed by atoms with Crippen LogP contribution in [0.1, 0.15) is 23.6 Å². The number of ether oxygens (including phenoxy) is 1. The van der Waals surface area contributed by atoms with Crippen molar-refractivity contribution in [3.05, 3.63) is 28.8 Å². The average molecular weight is 219 g/mol. The lowest BCUT2D eigenvalue weighted by molar-refractivity contribution is 0.113. The summed E-state index contributed by atoms with van der Waals surface area (Å²) in [5.41, 5.74) is 4.28. The van der Waals surface area contributed by atoms with Crippen molar-refractivity contribution < 1.29 is 9.84 Å². The van der Waals surface area contributed by atoms with Crippen LogP contribution in [0.15, 0.2) is 17.1 Å². The van der Waals surface area contributed by atoms with Gasteiger partial charge in [0.2, 0.25) is 0 Å². The topological polar surface area (TPSA) is 41.8 Å². The van der Waals surface area contributed by atoms with Crippen molar-refractivity contribution in [3.8, 4) is 5.75 Å². The second-order valence-electron chi connectivity index (χ2n) is 4.35. The fourth-order valence-electron chi connectivity index (χ4n) is 1.97. The van der Waals surface area contributed by atoms with Crippen LogP contribution in [0, 0.1) is 13.8 Å². The molecule has 1 aromatic carbocycles. The number of hydrogen-bond donors (Lipinski definition) is 1. The number of hydrogen-bond acceptors (Lipinski definition) is 3. The first-order valence-electron chi connectivity index (χ1n) is 5.51. The summed E-state index contributed by atoms with van der Waals surface area (Å²) in [5, 5.41) is 9.57. The third-order valence-electron chi connectivity index (χ3n) is 2.77. The Balaban J connectivity index is 2.54. The molecule has 1 aromatic rings. The van der Waals surface area contributed by atoms with Gasteiger partial charge in [-0.05, 0) is 38.0 Å². The van der Waals surface area contributed by atoms with E-state index in [-0.39, 0.29) is 0 Å². The molecule has 3 heteroatoms. The molecule has 0 aromatic heterocycles. The molecule has 0 fully saturated rings. The molecule has 86 valence electrons. The largest absolute Gasteiger partial charge is 0.490 e. The van der Waals surface area contributed by atoms with E-state index in [9.17, 15) is 5.11 Å². The van der Waals surface area contributed by atoms with Crippen LogP contribution in [0.3, 0.4) is 0 Å². The van der Waals surface area contributed by atoms with Gasteiger partial charge in [0.05, 0.1) is 6.54 Å². The van der Waals surface area contributed by atoms with Crippen LogP contribution in [-0.4, -0.2) is 30.1 Å². The Bertz CT molecular complexity index is 438. The van der Waals surface area contributed by atoms with E-state index in [2.05, 4.69) is 24.0 Å². The second kappa shape index (κ2) is 4.26. The zero-order valence-corrected chi connectivity index (χ0v) is 9.95. The zero-order valence-electron chi connectivity index (χ0n) is 9.95. The number of aliphatic imine (C=N–C) groups is 1. The summed E-state index contributed by atoms with van der Waals surface area (Å²) < 4.78 is 5.67. The van der Waals surface area contributed by atoms with Gasteiger partial charge < -0.3 is 9.84 Å². The van der Waals surface area contributed by atoms with Gasteiger partial charge in [-0.2, -0.15) is 0 Å². The smallest absolute Gasteiger partial charge is 0.131 e. The van der Waals surface area contributed by atoms with E-state index in [0.717, 1.165) is 22.6 Å². The molecule has 0 saturated carbocycles. The Morgan fingerprint density at radius 1 is 1.31 bits per heavy atom. The molecule has 0 saturated heterocycles. The van der Waals surface area contributed by atoms with E-state index in [1.54, 1.807) is 0 Å². The van der Waals surface area contributed by atoms with E-state index < -0.39 is 6.10 Å². The Morgan fingerprint density at radius 3 is 2.81 bits per heavy atom. The number of aliphatic hydroxyl groups is 1. The van der Waals surface area contributed by atoms with Crippen molar-refractivity contribution in [2.45, 2.75) is 26.9 Å². The summed E-state index contributed by atoms with van der Waals surface area (Å²) in [6.45, 7) is 6.77. The van der Waals surface area contributed by atoms with Gasteiger partial charge in [-0.25, -0.2) is 0 Å². The van der Waals surface area contributed by atoms with E-state index in [0.29, 0.717) is 13.2 Å². The fourth-order valence-corrected chi connectivity index (χ4v) is 1.97. The third-order valence-corrected chi connectivity index (χ3v) is 2.77. The van der Waals surface area contributed by atoms with E-state index in [1.165, 1.54) is 5.56 Å². The number of rotatable bonds is 0. The van der Waals surface area contributed by atoms with Crippen molar-refractivity contribution in [2.24, 2.45) is 4.99 Å². The van der Waals surface area contributed by atoms with Crippen LogP contribution in [0.4, 0.5) is 0 Å². The minimum Gasteiger partial charge on any atom is -0.490 e. The number of aliphatic hydroxyl groups excluding tert-OH is 1. The van der Waals surface area contributed by atoms with Crippen molar-refractivity contribution in [2.75, 3.05) is 13.2 Å². The van der Waals surface area contributed by atoms with Crippen LogP contribution < -0.4 is 4.74 Å². The minimum atomic E-state index is -0.510. The molecule has 0 bridgehead atoms. The summed E-state index contributed by atoms with van der Waals surface area (Å²) in [7, 11) is 0. The number of nitrogens with zero attached hydrogens (tertiary/aromatic N) is 1. The van der Waals surface area contributed by atoms with Crippen LogP contribution in [0.25, 0.3) is 0 Å². The summed E-state index contributed by atoms with van der Waals surface area (Å²) in [6, 6.07) is 4.17. The number of fused-ring (bicyclic) bond motifs is 1. The predicted molar refractivity (Wildman–Crippen MR) is 64.5 cm³/mol. The first-order valence-corrected chi connectivity index (χ1v) is 5.51. The Morgan fingerprint density at radius 2 is 2.06 bits per heavy atom. The quantitative estimate of drug-likeness (QED) is 0.723. The molecular formula is C13H17NO2. The first kappa shape index (κ1) is 11.1. The molecule has 1 N–H and O–H groups in total. The molecule has 1 aliphatic heterocycles. The van der Waals surface area contributed by atoms with Gasteiger partial charge in [0.1, 0.15) is 18.5 Å².